The summed E-state index contributed by atoms with van der Waals surface area (Å²) >= 11 is 0. The SMILES string of the molecule is N#Cc1ccc(NCC(=O)N2CCN(S(=O)(=O)c3ccc(F)c(F)c3)CC2)cc1. The van der Waals surface area contributed by atoms with Crippen LogP contribution in [0.1, 0.15) is 5.56 Å². The number of nitrogens with one attached hydrogen (secondary N) is 1. The van der Waals surface area contributed by atoms with Crippen molar-refractivity contribution in [2.24, 2.45) is 0 Å². The van der Waals surface area contributed by atoms with Crippen LogP contribution in [0.5, 0.6) is 0 Å². The van der Waals surface area contributed by atoms with E-state index in [0.717, 1.165) is 16.4 Å². The second kappa shape index (κ2) is 8.55. The molecule has 29 heavy (non-hydrogen) atoms. The highest BCUT2D eigenvalue weighted by molar-refractivity contribution is 7.89. The predicted molar refractivity (Wildman–Crippen MR) is 101 cm³/mol. The highest BCUT2D eigenvalue weighted by Gasteiger charge is 2.30. The Labute approximate surface area is 167 Å². The summed E-state index contributed by atoms with van der Waals surface area (Å²) < 4.78 is 52.8. The van der Waals surface area contributed by atoms with Crippen LogP contribution < -0.4 is 5.32 Å². The number of halogens is 2. The van der Waals surface area contributed by atoms with Gasteiger partial charge in [0.25, 0.3) is 0 Å². The van der Waals surface area contributed by atoms with Gasteiger partial charge in [0.1, 0.15) is 0 Å². The Morgan fingerprint density at radius 3 is 2.28 bits per heavy atom. The highest BCUT2D eigenvalue weighted by atomic mass is 32.2. The van der Waals surface area contributed by atoms with Crippen LogP contribution in [0.25, 0.3) is 0 Å². The minimum Gasteiger partial charge on any atom is -0.376 e. The lowest BCUT2D eigenvalue weighted by molar-refractivity contribution is -0.130. The van der Waals surface area contributed by atoms with Gasteiger partial charge in [0.2, 0.25) is 15.9 Å². The fraction of sp³-hybridized carbons (Fsp3) is 0.263. The van der Waals surface area contributed by atoms with E-state index in [-0.39, 0.29) is 43.5 Å². The third-order valence-electron chi connectivity index (χ3n) is 4.58. The normalized spacial score (nSPS) is 15.0. The predicted octanol–water partition coefficient (Wildman–Crippen LogP) is 1.78. The molecule has 1 fully saturated rings. The molecule has 0 saturated carbocycles. The van der Waals surface area contributed by atoms with Gasteiger partial charge in [-0.1, -0.05) is 0 Å². The maximum atomic E-state index is 13.4. The lowest BCUT2D eigenvalue weighted by Crippen LogP contribution is -2.51. The lowest BCUT2D eigenvalue weighted by Gasteiger charge is -2.34. The molecular weight excluding hydrogens is 402 g/mol. The number of hydrogen-bond acceptors (Lipinski definition) is 5. The first kappa shape index (κ1) is 20.7. The molecule has 2 aromatic carbocycles. The lowest BCUT2D eigenvalue weighted by atomic mass is 10.2. The van der Waals surface area contributed by atoms with Crippen LogP contribution in [-0.4, -0.2) is 56.3 Å². The van der Waals surface area contributed by atoms with E-state index in [4.69, 9.17) is 5.26 Å². The summed E-state index contributed by atoms with van der Waals surface area (Å²) in [6.45, 7) is 0.531. The van der Waals surface area contributed by atoms with E-state index in [9.17, 15) is 22.0 Å². The molecule has 0 radical (unpaired) electrons. The summed E-state index contributed by atoms with van der Waals surface area (Å²) in [4.78, 5) is 13.6. The average Bonchev–Trinajstić information content (AvgIpc) is 2.74. The number of anilines is 1. The highest BCUT2D eigenvalue weighted by Crippen LogP contribution is 2.20. The van der Waals surface area contributed by atoms with Crippen molar-refractivity contribution in [3.05, 3.63) is 59.7 Å². The zero-order valence-corrected chi connectivity index (χ0v) is 16.1. The van der Waals surface area contributed by atoms with Crippen molar-refractivity contribution in [1.29, 1.82) is 5.26 Å². The molecule has 1 aliphatic heterocycles. The molecule has 152 valence electrons. The summed E-state index contributed by atoms with van der Waals surface area (Å²) in [5.74, 6) is -2.54. The molecule has 1 amide bonds. The molecule has 0 aromatic heterocycles. The number of piperazine rings is 1. The second-order valence-electron chi connectivity index (χ2n) is 6.40. The molecule has 1 saturated heterocycles. The van der Waals surface area contributed by atoms with Crippen molar-refractivity contribution in [3.63, 3.8) is 0 Å². The molecule has 1 N–H and O–H groups in total. The van der Waals surface area contributed by atoms with Crippen molar-refractivity contribution in [3.8, 4) is 6.07 Å². The van der Waals surface area contributed by atoms with Crippen molar-refractivity contribution in [2.45, 2.75) is 4.90 Å². The Hall–Kier alpha value is -3.03. The second-order valence-corrected chi connectivity index (χ2v) is 8.34. The van der Waals surface area contributed by atoms with Crippen LogP contribution in [-0.2, 0) is 14.8 Å². The number of hydrogen-bond donors (Lipinski definition) is 1. The maximum Gasteiger partial charge on any atom is 0.243 e. The fourth-order valence-electron chi connectivity index (χ4n) is 2.92. The molecular formula is C19H18F2N4O3S. The number of carbonyl (C=O) groups is 1. The number of sulfonamides is 1. The largest absolute Gasteiger partial charge is 0.376 e. The summed E-state index contributed by atoms with van der Waals surface area (Å²) in [7, 11) is -3.97. The monoisotopic (exact) mass is 420 g/mol. The minimum atomic E-state index is -3.97. The van der Waals surface area contributed by atoms with Gasteiger partial charge in [-0.05, 0) is 42.5 Å². The van der Waals surface area contributed by atoms with Crippen molar-refractivity contribution in [2.75, 3.05) is 38.0 Å². The minimum absolute atomic E-state index is 0.0296. The molecule has 0 bridgehead atoms. The fourth-order valence-corrected chi connectivity index (χ4v) is 4.35. The molecule has 0 atom stereocenters. The first-order valence-corrected chi connectivity index (χ1v) is 10.2. The first-order valence-electron chi connectivity index (χ1n) is 8.78. The third-order valence-corrected chi connectivity index (χ3v) is 6.47. The van der Waals surface area contributed by atoms with Crippen molar-refractivity contribution < 1.29 is 22.0 Å². The van der Waals surface area contributed by atoms with E-state index in [0.29, 0.717) is 17.3 Å². The molecule has 2 aromatic rings. The summed E-state index contributed by atoms with van der Waals surface area (Å²) in [5.41, 5.74) is 1.21. The van der Waals surface area contributed by atoms with Gasteiger partial charge in [-0.25, -0.2) is 17.2 Å². The van der Waals surface area contributed by atoms with Gasteiger partial charge >= 0.3 is 0 Å². The standard InChI is InChI=1S/C19H18F2N4O3S/c20-17-6-5-16(11-18(17)21)29(27,28)25-9-7-24(8-10-25)19(26)13-23-15-3-1-14(12-22)2-4-15/h1-6,11,23H,7-10,13H2. The number of nitriles is 1. The van der Waals surface area contributed by atoms with Gasteiger partial charge in [-0.3, -0.25) is 4.79 Å². The number of nitrogens with zero attached hydrogens (tertiary/aromatic N) is 3. The Kier molecular flexibility index (Phi) is 6.10. The maximum absolute atomic E-state index is 13.4. The number of benzene rings is 2. The Morgan fingerprint density at radius 1 is 1.03 bits per heavy atom. The van der Waals surface area contributed by atoms with Crippen molar-refractivity contribution in [1.82, 2.24) is 9.21 Å². The zero-order chi connectivity index (χ0) is 21.0. The number of rotatable bonds is 5. The van der Waals surface area contributed by atoms with Crippen LogP contribution in [0.15, 0.2) is 47.4 Å². The Bertz CT molecular complexity index is 1040. The summed E-state index contributed by atoms with van der Waals surface area (Å²) in [6.07, 6.45) is 0. The van der Waals surface area contributed by atoms with Gasteiger partial charge < -0.3 is 10.2 Å². The van der Waals surface area contributed by atoms with Crippen molar-refractivity contribution >= 4 is 21.6 Å². The number of amides is 1. The smallest absolute Gasteiger partial charge is 0.243 e. The van der Waals surface area contributed by atoms with E-state index >= 15 is 0 Å². The van der Waals surface area contributed by atoms with Crippen LogP contribution in [0.3, 0.4) is 0 Å². The van der Waals surface area contributed by atoms with E-state index in [1.54, 1.807) is 24.3 Å². The first-order chi connectivity index (χ1) is 13.8. The summed E-state index contributed by atoms with van der Waals surface area (Å²) in [5, 5.41) is 11.7. The molecule has 1 aliphatic rings. The average molecular weight is 420 g/mol. The van der Waals surface area contributed by atoms with Crippen LogP contribution >= 0.6 is 0 Å². The van der Waals surface area contributed by atoms with Gasteiger partial charge in [-0.15, -0.1) is 0 Å². The number of carbonyl (C=O) groups excluding carboxylic acids is 1. The van der Waals surface area contributed by atoms with E-state index in [1.807, 2.05) is 6.07 Å². The van der Waals surface area contributed by atoms with Gasteiger partial charge in [0.05, 0.1) is 23.1 Å². The van der Waals surface area contributed by atoms with Gasteiger partial charge in [0, 0.05) is 31.9 Å². The third kappa shape index (κ3) is 4.70. The van der Waals surface area contributed by atoms with E-state index in [2.05, 4.69) is 5.32 Å². The molecule has 0 aliphatic carbocycles. The summed E-state index contributed by atoms with van der Waals surface area (Å²) in [6, 6.07) is 11.1. The topological polar surface area (TPSA) is 93.5 Å². The van der Waals surface area contributed by atoms with Gasteiger partial charge in [-0.2, -0.15) is 9.57 Å². The quantitative estimate of drug-likeness (QED) is 0.796. The Balaban J connectivity index is 1.55. The van der Waals surface area contributed by atoms with E-state index in [1.165, 1.54) is 4.90 Å². The van der Waals surface area contributed by atoms with E-state index < -0.39 is 21.7 Å². The van der Waals surface area contributed by atoms with Gasteiger partial charge in [0.15, 0.2) is 11.6 Å². The molecule has 3 rings (SSSR count). The molecule has 0 spiro atoms. The van der Waals surface area contributed by atoms with Crippen LogP contribution in [0.4, 0.5) is 14.5 Å². The molecule has 7 nitrogen and oxygen atoms in total. The molecule has 1 heterocycles. The van der Waals surface area contributed by atoms with Crippen LogP contribution in [0, 0.1) is 23.0 Å². The Morgan fingerprint density at radius 2 is 1.69 bits per heavy atom. The zero-order valence-electron chi connectivity index (χ0n) is 15.3. The molecule has 0 unspecified atom stereocenters. The molecule has 10 heteroatoms. The van der Waals surface area contributed by atoms with Crippen LogP contribution in [0.2, 0.25) is 0 Å².